The van der Waals surface area contributed by atoms with Crippen molar-refractivity contribution < 1.29 is 27.5 Å². The molecular weight excluding hydrogens is 409 g/mol. The second kappa shape index (κ2) is 9.85. The molecule has 2 aromatic rings. The second-order valence-electron chi connectivity index (χ2n) is 7.50. The van der Waals surface area contributed by atoms with Crippen LogP contribution in [0, 0.1) is 0 Å². The first-order chi connectivity index (χ1) is 14.7. The highest BCUT2D eigenvalue weighted by Crippen LogP contribution is 2.36. The molecule has 0 unspecified atom stereocenters. The zero-order chi connectivity index (χ0) is 22.4. The number of ketones is 1. The summed E-state index contributed by atoms with van der Waals surface area (Å²) in [5.74, 6) is 0.181. The second-order valence-corrected chi connectivity index (χ2v) is 7.50. The number of hydrogen-bond donors (Lipinski definition) is 1. The van der Waals surface area contributed by atoms with Crippen LogP contribution in [0.5, 0.6) is 5.75 Å². The van der Waals surface area contributed by atoms with E-state index in [0.29, 0.717) is 23.4 Å². The van der Waals surface area contributed by atoms with Gasteiger partial charge in [-0.2, -0.15) is 13.2 Å². The molecule has 0 aliphatic carbocycles. The van der Waals surface area contributed by atoms with Gasteiger partial charge in [0.1, 0.15) is 5.75 Å². The van der Waals surface area contributed by atoms with E-state index in [-0.39, 0.29) is 30.4 Å². The van der Waals surface area contributed by atoms with Gasteiger partial charge in [-0.05, 0) is 68.7 Å². The number of rotatable bonds is 8. The van der Waals surface area contributed by atoms with Gasteiger partial charge in [0.05, 0.1) is 23.5 Å². The van der Waals surface area contributed by atoms with Gasteiger partial charge in [-0.3, -0.25) is 9.59 Å². The molecule has 1 saturated heterocycles. The Kier molecular flexibility index (Phi) is 7.20. The van der Waals surface area contributed by atoms with E-state index in [1.165, 1.54) is 13.0 Å². The highest BCUT2D eigenvalue weighted by atomic mass is 19.4. The third kappa shape index (κ3) is 6.23. The van der Waals surface area contributed by atoms with Crippen LogP contribution >= 0.6 is 0 Å². The lowest BCUT2D eigenvalue weighted by atomic mass is 10.1. The van der Waals surface area contributed by atoms with Crippen LogP contribution in [0.2, 0.25) is 0 Å². The standard InChI is InChI=1S/C23H25F3N2O3/c1-16(29)17-6-9-19(10-7-17)31-14-4-5-22(30)27-20-15-18(23(24,25)26)8-11-21(20)28-12-2-3-13-28/h6-11,15H,2-5,12-14H2,1H3,(H,27,30). The lowest BCUT2D eigenvalue weighted by Gasteiger charge is -2.23. The van der Waals surface area contributed by atoms with E-state index >= 15 is 0 Å². The average Bonchev–Trinajstić information content (AvgIpc) is 3.25. The maximum Gasteiger partial charge on any atom is 0.416 e. The zero-order valence-electron chi connectivity index (χ0n) is 17.3. The highest BCUT2D eigenvalue weighted by Gasteiger charge is 2.32. The lowest BCUT2D eigenvalue weighted by molar-refractivity contribution is -0.137. The quantitative estimate of drug-likeness (QED) is 0.452. The lowest BCUT2D eigenvalue weighted by Crippen LogP contribution is -2.22. The molecule has 1 amide bonds. The summed E-state index contributed by atoms with van der Waals surface area (Å²) in [6.45, 7) is 3.26. The molecule has 8 heteroatoms. The number of halogens is 3. The molecule has 0 radical (unpaired) electrons. The molecule has 166 valence electrons. The normalized spacial score (nSPS) is 13.9. The summed E-state index contributed by atoms with van der Waals surface area (Å²) in [5.41, 5.74) is 0.591. The highest BCUT2D eigenvalue weighted by molar-refractivity contribution is 5.95. The average molecular weight is 434 g/mol. The van der Waals surface area contributed by atoms with Crippen LogP contribution < -0.4 is 15.0 Å². The van der Waals surface area contributed by atoms with Gasteiger partial charge >= 0.3 is 6.18 Å². The maximum absolute atomic E-state index is 13.1. The molecule has 1 fully saturated rings. The molecule has 3 rings (SSSR count). The minimum Gasteiger partial charge on any atom is -0.494 e. The Hall–Kier alpha value is -3.03. The number of nitrogens with zero attached hydrogens (tertiary/aromatic N) is 1. The summed E-state index contributed by atoms with van der Waals surface area (Å²) in [4.78, 5) is 25.6. The Labute approximate surface area is 179 Å². The predicted molar refractivity (Wildman–Crippen MR) is 113 cm³/mol. The van der Waals surface area contributed by atoms with Crippen molar-refractivity contribution in [3.8, 4) is 5.75 Å². The fourth-order valence-corrected chi connectivity index (χ4v) is 3.47. The van der Waals surface area contributed by atoms with Gasteiger partial charge in [0, 0.05) is 25.1 Å². The van der Waals surface area contributed by atoms with E-state index in [0.717, 1.165) is 38.1 Å². The van der Waals surface area contributed by atoms with Gasteiger partial charge in [0.15, 0.2) is 5.78 Å². The zero-order valence-corrected chi connectivity index (χ0v) is 17.3. The Bertz CT molecular complexity index is 921. The first kappa shape index (κ1) is 22.7. The number of amides is 1. The van der Waals surface area contributed by atoms with Crippen LogP contribution in [0.4, 0.5) is 24.5 Å². The number of hydrogen-bond acceptors (Lipinski definition) is 4. The van der Waals surface area contributed by atoms with E-state index in [1.54, 1.807) is 24.3 Å². The van der Waals surface area contributed by atoms with Crippen molar-refractivity contribution >= 4 is 23.1 Å². The molecule has 1 aliphatic heterocycles. The summed E-state index contributed by atoms with van der Waals surface area (Å²) in [6.07, 6.45) is -2.02. The van der Waals surface area contributed by atoms with E-state index in [1.807, 2.05) is 4.90 Å². The molecule has 0 aromatic heterocycles. The number of ether oxygens (including phenoxy) is 1. The predicted octanol–water partition coefficient (Wildman–Crippen LogP) is 5.31. The molecule has 0 atom stereocenters. The Balaban J connectivity index is 1.56. The van der Waals surface area contributed by atoms with Gasteiger partial charge in [-0.1, -0.05) is 0 Å². The molecule has 1 N–H and O–H groups in total. The van der Waals surface area contributed by atoms with Gasteiger partial charge in [-0.25, -0.2) is 0 Å². The molecule has 31 heavy (non-hydrogen) atoms. The van der Waals surface area contributed by atoms with Crippen molar-refractivity contribution in [1.82, 2.24) is 0 Å². The number of alkyl halides is 3. The molecule has 2 aromatic carbocycles. The monoisotopic (exact) mass is 434 g/mol. The molecular formula is C23H25F3N2O3. The van der Waals surface area contributed by atoms with Crippen molar-refractivity contribution in [2.24, 2.45) is 0 Å². The van der Waals surface area contributed by atoms with Gasteiger partial charge in [-0.15, -0.1) is 0 Å². The smallest absolute Gasteiger partial charge is 0.416 e. The fourth-order valence-electron chi connectivity index (χ4n) is 3.47. The summed E-state index contributed by atoms with van der Waals surface area (Å²) in [6, 6.07) is 10.2. The SMILES string of the molecule is CC(=O)c1ccc(OCCCC(=O)Nc2cc(C(F)(F)F)ccc2N2CCCC2)cc1. The van der Waals surface area contributed by atoms with Crippen molar-refractivity contribution in [3.63, 3.8) is 0 Å². The molecule has 0 bridgehead atoms. The third-order valence-corrected chi connectivity index (χ3v) is 5.12. The number of anilines is 2. The minimum absolute atomic E-state index is 0.0360. The van der Waals surface area contributed by atoms with E-state index < -0.39 is 11.7 Å². The molecule has 1 aliphatic rings. The number of nitrogens with one attached hydrogen (secondary N) is 1. The molecule has 5 nitrogen and oxygen atoms in total. The minimum atomic E-state index is -4.48. The molecule has 0 saturated carbocycles. The number of carbonyl (C=O) groups excluding carboxylic acids is 2. The third-order valence-electron chi connectivity index (χ3n) is 5.12. The first-order valence-electron chi connectivity index (χ1n) is 10.2. The van der Waals surface area contributed by atoms with E-state index in [2.05, 4.69) is 5.32 Å². The first-order valence-corrected chi connectivity index (χ1v) is 10.2. The number of Topliss-reactive ketones (excluding diaryl/α,β-unsaturated/α-hetero) is 1. The van der Waals surface area contributed by atoms with E-state index in [9.17, 15) is 22.8 Å². The fraction of sp³-hybridized carbons (Fsp3) is 0.391. The Morgan fingerprint density at radius 1 is 1.06 bits per heavy atom. The number of benzene rings is 2. The van der Waals surface area contributed by atoms with Crippen molar-refractivity contribution in [1.29, 1.82) is 0 Å². The van der Waals surface area contributed by atoms with Crippen LogP contribution in [0.1, 0.15) is 48.5 Å². The van der Waals surface area contributed by atoms with Gasteiger partial charge < -0.3 is 15.0 Å². The summed E-state index contributed by atoms with van der Waals surface area (Å²) >= 11 is 0. The van der Waals surface area contributed by atoms with Crippen LogP contribution in [-0.4, -0.2) is 31.4 Å². The van der Waals surface area contributed by atoms with Gasteiger partial charge in [0.25, 0.3) is 0 Å². The summed E-state index contributed by atoms with van der Waals surface area (Å²) in [5, 5.41) is 2.64. The topological polar surface area (TPSA) is 58.6 Å². The summed E-state index contributed by atoms with van der Waals surface area (Å²) in [7, 11) is 0. The van der Waals surface area contributed by atoms with Crippen molar-refractivity contribution in [2.75, 3.05) is 29.9 Å². The van der Waals surface area contributed by atoms with Crippen molar-refractivity contribution in [2.45, 2.75) is 38.8 Å². The Morgan fingerprint density at radius 2 is 1.74 bits per heavy atom. The summed E-state index contributed by atoms with van der Waals surface area (Å²) < 4.78 is 45.0. The van der Waals surface area contributed by atoms with Crippen molar-refractivity contribution in [3.05, 3.63) is 53.6 Å². The maximum atomic E-state index is 13.1. The van der Waals surface area contributed by atoms with Crippen LogP contribution in [-0.2, 0) is 11.0 Å². The van der Waals surface area contributed by atoms with Gasteiger partial charge in [0.2, 0.25) is 5.91 Å². The Morgan fingerprint density at radius 3 is 2.35 bits per heavy atom. The van der Waals surface area contributed by atoms with Crippen LogP contribution in [0.25, 0.3) is 0 Å². The largest absolute Gasteiger partial charge is 0.494 e. The molecule has 1 heterocycles. The number of carbonyl (C=O) groups is 2. The van der Waals surface area contributed by atoms with Crippen LogP contribution in [0.3, 0.4) is 0 Å². The van der Waals surface area contributed by atoms with E-state index in [4.69, 9.17) is 4.74 Å². The molecule has 0 spiro atoms. The van der Waals surface area contributed by atoms with Crippen LogP contribution in [0.15, 0.2) is 42.5 Å².